The van der Waals surface area contributed by atoms with Gasteiger partial charge in [0.25, 0.3) is 5.91 Å². The van der Waals surface area contributed by atoms with Gasteiger partial charge in [0, 0.05) is 10.9 Å². The van der Waals surface area contributed by atoms with Crippen molar-refractivity contribution in [3.05, 3.63) is 29.7 Å². The molecule has 2 aromatic heterocycles. The summed E-state index contributed by atoms with van der Waals surface area (Å²) in [7, 11) is 0. The predicted molar refractivity (Wildman–Crippen MR) is 73.6 cm³/mol. The fourth-order valence-corrected chi connectivity index (χ4v) is 2.46. The Kier molecular flexibility index (Phi) is 4.52. The summed E-state index contributed by atoms with van der Waals surface area (Å²) in [5, 5.41) is 13.7. The number of furan rings is 1. The van der Waals surface area contributed by atoms with Crippen molar-refractivity contribution in [2.75, 3.05) is 0 Å². The number of carbonyl (C=O) groups excluding carboxylic acids is 1. The molecule has 106 valence electrons. The summed E-state index contributed by atoms with van der Waals surface area (Å²) < 4.78 is 4.96. The number of hydrogen-bond acceptors (Lipinski definition) is 5. The van der Waals surface area contributed by atoms with Crippen molar-refractivity contribution in [2.45, 2.75) is 25.8 Å². The number of amides is 1. The van der Waals surface area contributed by atoms with Gasteiger partial charge in [-0.3, -0.25) is 4.79 Å². The minimum atomic E-state index is -1.04. The van der Waals surface area contributed by atoms with E-state index in [-0.39, 0.29) is 5.69 Å². The van der Waals surface area contributed by atoms with Crippen LogP contribution in [0.1, 0.15) is 30.3 Å². The molecular weight excluding hydrogens is 280 g/mol. The average molecular weight is 294 g/mol. The molecule has 2 heterocycles. The quantitative estimate of drug-likeness (QED) is 0.853. The van der Waals surface area contributed by atoms with E-state index < -0.39 is 17.9 Å². The lowest BCUT2D eigenvalue weighted by molar-refractivity contribution is -0.139. The van der Waals surface area contributed by atoms with E-state index in [2.05, 4.69) is 10.3 Å². The first-order valence-corrected chi connectivity index (χ1v) is 7.01. The maximum atomic E-state index is 12.0. The summed E-state index contributed by atoms with van der Waals surface area (Å²) in [6.07, 6.45) is 4.13. The maximum absolute atomic E-state index is 12.0. The molecule has 2 N–H and O–H groups in total. The van der Waals surface area contributed by atoms with E-state index in [0.29, 0.717) is 17.8 Å². The second kappa shape index (κ2) is 6.33. The van der Waals surface area contributed by atoms with Gasteiger partial charge in [0.2, 0.25) is 0 Å². The number of thiazole rings is 1. The van der Waals surface area contributed by atoms with E-state index in [1.54, 1.807) is 11.4 Å². The molecule has 20 heavy (non-hydrogen) atoms. The first-order valence-electron chi connectivity index (χ1n) is 6.13. The van der Waals surface area contributed by atoms with E-state index in [1.165, 1.54) is 23.9 Å². The van der Waals surface area contributed by atoms with Crippen LogP contribution < -0.4 is 5.32 Å². The van der Waals surface area contributed by atoms with Crippen LogP contribution in [0.4, 0.5) is 0 Å². The third-order valence-corrected chi connectivity index (χ3v) is 3.58. The van der Waals surface area contributed by atoms with Crippen LogP contribution in [0, 0.1) is 0 Å². The highest BCUT2D eigenvalue weighted by molar-refractivity contribution is 7.13. The number of aliphatic carboxylic acids is 1. The molecule has 0 aliphatic heterocycles. The van der Waals surface area contributed by atoms with Crippen molar-refractivity contribution in [1.82, 2.24) is 10.3 Å². The van der Waals surface area contributed by atoms with Crippen molar-refractivity contribution in [3.8, 4) is 10.6 Å². The molecule has 2 rings (SSSR count). The standard InChI is InChI=1S/C13H14N2O4S/c1-2-3-9(13(17)18)14-11(16)10-7-20-12(15-10)8-4-5-19-6-8/h4-7,9H,2-3H2,1H3,(H,14,16)(H,17,18). The lowest BCUT2D eigenvalue weighted by Gasteiger charge is -2.12. The largest absolute Gasteiger partial charge is 0.480 e. The van der Waals surface area contributed by atoms with E-state index in [9.17, 15) is 9.59 Å². The number of nitrogens with zero attached hydrogens (tertiary/aromatic N) is 1. The summed E-state index contributed by atoms with van der Waals surface area (Å²) in [6, 6.07) is 0.865. The molecule has 0 saturated heterocycles. The molecule has 0 aliphatic rings. The molecule has 6 nitrogen and oxygen atoms in total. The van der Waals surface area contributed by atoms with Gasteiger partial charge in [-0.05, 0) is 12.5 Å². The molecule has 2 aromatic rings. The number of aromatic nitrogens is 1. The molecule has 0 spiro atoms. The fraction of sp³-hybridized carbons (Fsp3) is 0.308. The van der Waals surface area contributed by atoms with E-state index in [0.717, 1.165) is 5.56 Å². The molecule has 1 unspecified atom stereocenters. The average Bonchev–Trinajstić information content (AvgIpc) is 3.08. The highest BCUT2D eigenvalue weighted by Gasteiger charge is 2.21. The third-order valence-electron chi connectivity index (χ3n) is 2.69. The molecule has 0 radical (unpaired) electrons. The van der Waals surface area contributed by atoms with Gasteiger partial charge in [0.1, 0.15) is 23.0 Å². The van der Waals surface area contributed by atoms with Gasteiger partial charge in [0.15, 0.2) is 0 Å². The number of hydrogen-bond donors (Lipinski definition) is 2. The van der Waals surface area contributed by atoms with Crippen LogP contribution in [0.5, 0.6) is 0 Å². The first kappa shape index (κ1) is 14.3. The van der Waals surface area contributed by atoms with Gasteiger partial charge in [-0.1, -0.05) is 13.3 Å². The summed E-state index contributed by atoms with van der Waals surface area (Å²) in [4.78, 5) is 27.1. The maximum Gasteiger partial charge on any atom is 0.326 e. The Morgan fingerprint density at radius 3 is 2.95 bits per heavy atom. The van der Waals surface area contributed by atoms with E-state index >= 15 is 0 Å². The zero-order chi connectivity index (χ0) is 14.5. The smallest absolute Gasteiger partial charge is 0.326 e. The van der Waals surface area contributed by atoms with Crippen LogP contribution in [0.15, 0.2) is 28.4 Å². The van der Waals surface area contributed by atoms with Crippen LogP contribution in [0.25, 0.3) is 10.6 Å². The second-order valence-corrected chi connectivity index (χ2v) is 5.06. The number of carbonyl (C=O) groups is 2. The Balaban J connectivity index is 2.08. The van der Waals surface area contributed by atoms with Crippen LogP contribution in [-0.4, -0.2) is 28.0 Å². The summed E-state index contributed by atoms with van der Waals surface area (Å²) >= 11 is 1.31. The van der Waals surface area contributed by atoms with Gasteiger partial charge in [-0.15, -0.1) is 11.3 Å². The normalized spacial score (nSPS) is 12.1. The SMILES string of the molecule is CCCC(NC(=O)c1csc(-c2ccoc2)n1)C(=O)O. The molecule has 1 amide bonds. The molecule has 0 fully saturated rings. The third kappa shape index (κ3) is 3.24. The molecule has 7 heteroatoms. The topological polar surface area (TPSA) is 92.4 Å². The van der Waals surface area contributed by atoms with Crippen molar-refractivity contribution in [3.63, 3.8) is 0 Å². The Hall–Kier alpha value is -2.15. The highest BCUT2D eigenvalue weighted by Crippen LogP contribution is 2.23. The number of nitrogens with one attached hydrogen (secondary N) is 1. The zero-order valence-electron chi connectivity index (χ0n) is 10.8. The number of carboxylic acids is 1. The summed E-state index contributed by atoms with van der Waals surface area (Å²) in [5.74, 6) is -1.51. The van der Waals surface area contributed by atoms with Crippen LogP contribution in [0.3, 0.4) is 0 Å². The Bertz CT molecular complexity index is 591. The molecule has 0 saturated carbocycles. The zero-order valence-corrected chi connectivity index (χ0v) is 11.6. The Morgan fingerprint density at radius 2 is 2.35 bits per heavy atom. The van der Waals surface area contributed by atoms with Crippen LogP contribution >= 0.6 is 11.3 Å². The van der Waals surface area contributed by atoms with Gasteiger partial charge in [0.05, 0.1) is 6.26 Å². The molecule has 1 atom stereocenters. The Morgan fingerprint density at radius 1 is 1.55 bits per heavy atom. The van der Waals surface area contributed by atoms with Crippen molar-refractivity contribution in [1.29, 1.82) is 0 Å². The van der Waals surface area contributed by atoms with Crippen molar-refractivity contribution < 1.29 is 19.1 Å². The molecular formula is C13H14N2O4S. The van der Waals surface area contributed by atoms with Gasteiger partial charge < -0.3 is 14.8 Å². The number of rotatable bonds is 6. The minimum Gasteiger partial charge on any atom is -0.480 e. The summed E-state index contributed by atoms with van der Waals surface area (Å²) in [5.41, 5.74) is 1.01. The van der Waals surface area contributed by atoms with Gasteiger partial charge >= 0.3 is 5.97 Å². The van der Waals surface area contributed by atoms with Crippen LogP contribution in [0.2, 0.25) is 0 Å². The highest BCUT2D eigenvalue weighted by atomic mass is 32.1. The van der Waals surface area contributed by atoms with Crippen molar-refractivity contribution >= 4 is 23.2 Å². The predicted octanol–water partition coefficient (Wildman–Crippen LogP) is 2.39. The van der Waals surface area contributed by atoms with Crippen molar-refractivity contribution in [2.24, 2.45) is 0 Å². The van der Waals surface area contributed by atoms with Crippen LogP contribution in [-0.2, 0) is 4.79 Å². The second-order valence-electron chi connectivity index (χ2n) is 4.20. The van der Waals surface area contributed by atoms with Gasteiger partial charge in [-0.2, -0.15) is 0 Å². The fourth-order valence-electron chi connectivity index (χ4n) is 1.68. The lowest BCUT2D eigenvalue weighted by Crippen LogP contribution is -2.40. The monoisotopic (exact) mass is 294 g/mol. The molecule has 0 aromatic carbocycles. The van der Waals surface area contributed by atoms with E-state index in [4.69, 9.17) is 9.52 Å². The summed E-state index contributed by atoms with van der Waals surface area (Å²) in [6.45, 7) is 1.86. The Labute approximate surface area is 119 Å². The molecule has 0 bridgehead atoms. The first-order chi connectivity index (χ1) is 9.61. The number of carboxylic acid groups (broad SMARTS) is 1. The minimum absolute atomic E-state index is 0.216. The molecule has 0 aliphatic carbocycles. The lowest BCUT2D eigenvalue weighted by atomic mass is 10.1. The van der Waals surface area contributed by atoms with E-state index in [1.807, 2.05) is 6.92 Å². The van der Waals surface area contributed by atoms with Gasteiger partial charge in [-0.25, -0.2) is 9.78 Å².